The van der Waals surface area contributed by atoms with Crippen LogP contribution < -0.4 is 15.8 Å². The van der Waals surface area contributed by atoms with Crippen molar-refractivity contribution in [1.29, 1.82) is 0 Å². The summed E-state index contributed by atoms with van der Waals surface area (Å²) >= 11 is 5.99. The van der Waals surface area contributed by atoms with E-state index < -0.39 is 17.7 Å². The summed E-state index contributed by atoms with van der Waals surface area (Å²) in [6.07, 6.45) is -0.162. The summed E-state index contributed by atoms with van der Waals surface area (Å²) in [5, 5.41) is 3.19. The highest BCUT2D eigenvalue weighted by Gasteiger charge is 2.26. The van der Waals surface area contributed by atoms with Crippen molar-refractivity contribution in [1.82, 2.24) is 10.2 Å². The lowest BCUT2D eigenvalue weighted by Gasteiger charge is -2.26. The minimum absolute atomic E-state index is 0.0802. The molecule has 140 valence electrons. The Morgan fingerprint density at radius 3 is 2.56 bits per heavy atom. The molecule has 0 heterocycles. The van der Waals surface area contributed by atoms with Crippen LogP contribution in [0.25, 0.3) is 0 Å². The molecule has 0 radical (unpaired) electrons. The molecule has 0 aliphatic carbocycles. The standard InChI is InChI=1S/C17H26ClN3O4/c1-17(2,3)25-16(23)21(11-9-19)15(22)20-10-6-12-24-14-8-5-4-7-13(14)18/h4-5,7-8H,6,9-12,19H2,1-3H3,(H,20,22). The third-order valence-electron chi connectivity index (χ3n) is 2.90. The molecule has 0 bridgehead atoms. The molecule has 0 spiro atoms. The zero-order chi connectivity index (χ0) is 18.9. The first kappa shape index (κ1) is 21.1. The molecular formula is C17H26ClN3O4. The van der Waals surface area contributed by atoms with E-state index in [4.69, 9.17) is 26.8 Å². The van der Waals surface area contributed by atoms with Crippen molar-refractivity contribution in [2.45, 2.75) is 32.8 Å². The molecule has 0 saturated carbocycles. The van der Waals surface area contributed by atoms with Crippen LogP contribution in [0.5, 0.6) is 5.75 Å². The maximum Gasteiger partial charge on any atom is 0.418 e. The van der Waals surface area contributed by atoms with Crippen molar-refractivity contribution in [2.24, 2.45) is 5.73 Å². The Bertz CT molecular complexity index is 575. The Morgan fingerprint density at radius 2 is 1.96 bits per heavy atom. The average Bonchev–Trinajstić information content (AvgIpc) is 2.52. The van der Waals surface area contributed by atoms with Gasteiger partial charge in [-0.15, -0.1) is 0 Å². The van der Waals surface area contributed by atoms with Gasteiger partial charge in [0.05, 0.1) is 11.6 Å². The highest BCUT2D eigenvalue weighted by Crippen LogP contribution is 2.22. The predicted octanol–water partition coefficient (Wildman–Crippen LogP) is 3.01. The maximum absolute atomic E-state index is 12.1. The van der Waals surface area contributed by atoms with Gasteiger partial charge in [-0.25, -0.2) is 14.5 Å². The van der Waals surface area contributed by atoms with E-state index in [1.54, 1.807) is 32.9 Å². The minimum atomic E-state index is -0.720. The van der Waals surface area contributed by atoms with Gasteiger partial charge in [-0.2, -0.15) is 0 Å². The Kier molecular flexibility index (Phi) is 8.51. The molecule has 0 fully saturated rings. The average molecular weight is 372 g/mol. The van der Waals surface area contributed by atoms with Gasteiger partial charge in [0.25, 0.3) is 0 Å². The zero-order valence-corrected chi connectivity index (χ0v) is 15.6. The number of hydrogen-bond acceptors (Lipinski definition) is 5. The van der Waals surface area contributed by atoms with Crippen molar-refractivity contribution in [2.75, 3.05) is 26.2 Å². The third kappa shape index (κ3) is 8.09. The quantitative estimate of drug-likeness (QED) is 0.718. The fraction of sp³-hybridized carbons (Fsp3) is 0.529. The van der Waals surface area contributed by atoms with Gasteiger partial charge in [-0.1, -0.05) is 23.7 Å². The molecule has 0 aromatic heterocycles. The van der Waals surface area contributed by atoms with Crippen molar-refractivity contribution in [3.63, 3.8) is 0 Å². The molecule has 8 heteroatoms. The number of hydrogen-bond donors (Lipinski definition) is 2. The smallest absolute Gasteiger partial charge is 0.418 e. The van der Waals surface area contributed by atoms with E-state index in [-0.39, 0.29) is 13.1 Å². The molecule has 0 aliphatic heterocycles. The SMILES string of the molecule is CC(C)(C)OC(=O)N(CCN)C(=O)NCCCOc1ccccc1Cl. The van der Waals surface area contributed by atoms with E-state index >= 15 is 0 Å². The Balaban J connectivity index is 2.39. The lowest BCUT2D eigenvalue weighted by molar-refractivity contribution is 0.0325. The molecule has 0 unspecified atom stereocenters. The van der Waals surface area contributed by atoms with Gasteiger partial charge in [0, 0.05) is 19.6 Å². The summed E-state index contributed by atoms with van der Waals surface area (Å²) in [6.45, 7) is 6.15. The molecule has 1 aromatic rings. The largest absolute Gasteiger partial charge is 0.492 e. The van der Waals surface area contributed by atoms with Gasteiger partial charge in [-0.3, -0.25) is 0 Å². The lowest BCUT2D eigenvalue weighted by atomic mass is 10.2. The summed E-state index contributed by atoms with van der Waals surface area (Å²) in [6, 6.07) is 6.61. The molecule has 1 rings (SSSR count). The van der Waals surface area contributed by atoms with Gasteiger partial charge in [0.1, 0.15) is 11.4 Å². The number of carbonyl (C=O) groups is 2. The molecule has 25 heavy (non-hydrogen) atoms. The number of imide groups is 1. The Hall–Kier alpha value is -1.99. The van der Waals surface area contributed by atoms with Crippen LogP contribution in [0.2, 0.25) is 5.02 Å². The van der Waals surface area contributed by atoms with E-state index in [9.17, 15) is 9.59 Å². The second-order valence-corrected chi connectivity index (χ2v) is 6.69. The molecule has 3 amide bonds. The van der Waals surface area contributed by atoms with Gasteiger partial charge < -0.3 is 20.5 Å². The van der Waals surface area contributed by atoms with Gasteiger partial charge >= 0.3 is 12.1 Å². The van der Waals surface area contributed by atoms with Crippen molar-refractivity contribution in [3.05, 3.63) is 29.3 Å². The minimum Gasteiger partial charge on any atom is -0.492 e. The molecule has 3 N–H and O–H groups in total. The van der Waals surface area contributed by atoms with Crippen LogP contribution in [0.3, 0.4) is 0 Å². The third-order valence-corrected chi connectivity index (χ3v) is 3.22. The maximum atomic E-state index is 12.1. The fourth-order valence-corrected chi connectivity index (χ4v) is 2.02. The molecule has 0 aliphatic rings. The van der Waals surface area contributed by atoms with E-state index in [1.165, 1.54) is 0 Å². The molecule has 0 saturated heterocycles. The van der Waals surface area contributed by atoms with Crippen LogP contribution >= 0.6 is 11.6 Å². The van der Waals surface area contributed by atoms with Crippen LogP contribution in [-0.4, -0.2) is 48.9 Å². The number of rotatable bonds is 7. The first-order valence-corrected chi connectivity index (χ1v) is 8.48. The topological polar surface area (TPSA) is 93.9 Å². The number of carbonyl (C=O) groups excluding carboxylic acids is 2. The predicted molar refractivity (Wildman–Crippen MR) is 97.0 cm³/mol. The number of nitrogens with zero attached hydrogens (tertiary/aromatic N) is 1. The summed E-state index contributed by atoms with van der Waals surface area (Å²) in [7, 11) is 0. The summed E-state index contributed by atoms with van der Waals surface area (Å²) < 4.78 is 10.7. The van der Waals surface area contributed by atoms with E-state index in [2.05, 4.69) is 5.32 Å². The monoisotopic (exact) mass is 371 g/mol. The summed E-state index contributed by atoms with van der Waals surface area (Å²) in [5.41, 5.74) is 4.77. The Morgan fingerprint density at radius 1 is 1.28 bits per heavy atom. The van der Waals surface area contributed by atoms with Gasteiger partial charge in [-0.05, 0) is 39.3 Å². The highest BCUT2D eigenvalue weighted by atomic mass is 35.5. The van der Waals surface area contributed by atoms with Gasteiger partial charge in [0.2, 0.25) is 0 Å². The number of ether oxygens (including phenoxy) is 2. The van der Waals surface area contributed by atoms with Crippen LogP contribution in [0.1, 0.15) is 27.2 Å². The number of para-hydroxylation sites is 1. The van der Waals surface area contributed by atoms with Gasteiger partial charge in [0.15, 0.2) is 0 Å². The van der Waals surface area contributed by atoms with E-state index in [1.807, 2.05) is 12.1 Å². The number of urea groups is 1. The van der Waals surface area contributed by atoms with E-state index in [0.29, 0.717) is 30.3 Å². The van der Waals surface area contributed by atoms with Crippen molar-refractivity contribution < 1.29 is 19.1 Å². The first-order chi connectivity index (χ1) is 11.7. The number of amides is 3. The van der Waals surface area contributed by atoms with Crippen LogP contribution in [-0.2, 0) is 4.74 Å². The molecule has 0 atom stereocenters. The molecule has 7 nitrogen and oxygen atoms in total. The second-order valence-electron chi connectivity index (χ2n) is 6.29. The normalized spacial score (nSPS) is 10.9. The van der Waals surface area contributed by atoms with Crippen LogP contribution in [0.4, 0.5) is 9.59 Å². The van der Waals surface area contributed by atoms with Crippen molar-refractivity contribution in [3.8, 4) is 5.75 Å². The number of nitrogens with two attached hydrogens (primary N) is 1. The fourth-order valence-electron chi connectivity index (χ4n) is 1.83. The number of halogens is 1. The second kappa shape index (κ2) is 10.1. The van der Waals surface area contributed by atoms with Crippen LogP contribution in [0, 0.1) is 0 Å². The number of nitrogens with one attached hydrogen (secondary N) is 1. The molecule has 1 aromatic carbocycles. The zero-order valence-electron chi connectivity index (χ0n) is 14.9. The van der Waals surface area contributed by atoms with Crippen molar-refractivity contribution >= 4 is 23.7 Å². The Labute approximate surface area is 153 Å². The van der Waals surface area contributed by atoms with Crippen LogP contribution in [0.15, 0.2) is 24.3 Å². The van der Waals surface area contributed by atoms with E-state index in [0.717, 1.165) is 4.90 Å². The first-order valence-electron chi connectivity index (χ1n) is 8.10. The highest BCUT2D eigenvalue weighted by molar-refractivity contribution is 6.32. The summed E-state index contributed by atoms with van der Waals surface area (Å²) in [4.78, 5) is 25.2. The summed E-state index contributed by atoms with van der Waals surface area (Å²) in [5.74, 6) is 0.592. The lowest BCUT2D eigenvalue weighted by Crippen LogP contribution is -2.48. The molecular weight excluding hydrogens is 346 g/mol. The number of benzene rings is 1.